The Hall–Kier alpha value is -2.60. The average Bonchev–Trinajstić information content (AvgIpc) is 3.28. The Morgan fingerprint density at radius 2 is 1.84 bits per heavy atom. The molecule has 25 heavy (non-hydrogen) atoms. The fraction of sp³-hybridized carbons (Fsp3) is 0.368. The van der Waals surface area contributed by atoms with Gasteiger partial charge in [-0.1, -0.05) is 31.0 Å². The van der Waals surface area contributed by atoms with Gasteiger partial charge in [-0.15, -0.1) is 0 Å². The van der Waals surface area contributed by atoms with Gasteiger partial charge in [-0.3, -0.25) is 15.0 Å². The van der Waals surface area contributed by atoms with Crippen LogP contribution in [0.2, 0.25) is 0 Å². The molecule has 0 aliphatic heterocycles. The van der Waals surface area contributed by atoms with E-state index in [1.54, 1.807) is 18.4 Å². The molecule has 1 aliphatic carbocycles. The maximum Gasteiger partial charge on any atom is 0.325 e. The number of anilines is 1. The van der Waals surface area contributed by atoms with Crippen LogP contribution in [0, 0.1) is 0 Å². The van der Waals surface area contributed by atoms with Crippen molar-refractivity contribution in [2.24, 2.45) is 0 Å². The van der Waals surface area contributed by atoms with Crippen molar-refractivity contribution in [1.82, 2.24) is 10.2 Å². The number of furan rings is 1. The zero-order valence-corrected chi connectivity index (χ0v) is 14.1. The van der Waals surface area contributed by atoms with Gasteiger partial charge in [0.05, 0.1) is 19.4 Å². The van der Waals surface area contributed by atoms with Crippen LogP contribution < -0.4 is 10.6 Å². The number of amides is 3. The number of carbonyl (C=O) groups excluding carboxylic acids is 2. The highest BCUT2D eigenvalue weighted by atomic mass is 16.3. The van der Waals surface area contributed by atoms with E-state index in [1.165, 1.54) is 12.8 Å². The number of hydrogen-bond acceptors (Lipinski definition) is 4. The molecule has 1 aromatic carbocycles. The molecule has 0 bridgehead atoms. The lowest BCUT2D eigenvalue weighted by Gasteiger charge is -2.27. The van der Waals surface area contributed by atoms with Gasteiger partial charge in [-0.05, 0) is 37.1 Å². The molecular formula is C19H23N3O3. The van der Waals surface area contributed by atoms with Gasteiger partial charge in [-0.2, -0.15) is 0 Å². The Balaban J connectivity index is 1.54. The van der Waals surface area contributed by atoms with Gasteiger partial charge < -0.3 is 9.73 Å². The summed E-state index contributed by atoms with van der Waals surface area (Å²) in [4.78, 5) is 26.4. The van der Waals surface area contributed by atoms with E-state index in [9.17, 15) is 9.59 Å². The highest BCUT2D eigenvalue weighted by Gasteiger charge is 2.25. The number of urea groups is 1. The number of hydrogen-bond donors (Lipinski definition) is 2. The maximum absolute atomic E-state index is 12.3. The van der Waals surface area contributed by atoms with Gasteiger partial charge in [0, 0.05) is 11.7 Å². The minimum absolute atomic E-state index is 0.174. The van der Waals surface area contributed by atoms with Crippen LogP contribution >= 0.6 is 0 Å². The summed E-state index contributed by atoms with van der Waals surface area (Å²) >= 11 is 0. The summed E-state index contributed by atoms with van der Waals surface area (Å²) in [7, 11) is 0. The summed E-state index contributed by atoms with van der Waals surface area (Å²) in [6.07, 6.45) is 6.13. The Morgan fingerprint density at radius 1 is 1.08 bits per heavy atom. The molecule has 3 rings (SSSR count). The van der Waals surface area contributed by atoms with Crippen molar-refractivity contribution in [3.8, 4) is 0 Å². The second-order valence-corrected chi connectivity index (χ2v) is 6.29. The fourth-order valence-electron chi connectivity index (χ4n) is 3.22. The van der Waals surface area contributed by atoms with Crippen molar-refractivity contribution in [1.29, 1.82) is 0 Å². The molecule has 2 aromatic rings. The van der Waals surface area contributed by atoms with E-state index < -0.39 is 6.03 Å². The SMILES string of the molecule is O=C(CN(Cc1ccco1)C1CCCC1)NC(=O)Nc1ccccc1. The second kappa shape index (κ2) is 8.48. The van der Waals surface area contributed by atoms with Crippen LogP contribution in [0.5, 0.6) is 0 Å². The number of imide groups is 1. The third kappa shape index (κ3) is 5.19. The van der Waals surface area contributed by atoms with Crippen molar-refractivity contribution >= 4 is 17.6 Å². The minimum atomic E-state index is -0.513. The number of carbonyl (C=O) groups is 2. The third-order valence-electron chi connectivity index (χ3n) is 4.41. The van der Waals surface area contributed by atoms with Crippen molar-refractivity contribution in [2.45, 2.75) is 38.3 Å². The lowest BCUT2D eigenvalue weighted by molar-refractivity contribution is -0.121. The van der Waals surface area contributed by atoms with Gasteiger partial charge in [-0.25, -0.2) is 4.79 Å². The summed E-state index contributed by atoms with van der Waals surface area (Å²) in [6.45, 7) is 0.749. The van der Waals surface area contributed by atoms with E-state index >= 15 is 0 Å². The van der Waals surface area contributed by atoms with Crippen molar-refractivity contribution < 1.29 is 14.0 Å². The Kier molecular flexibility index (Phi) is 5.85. The summed E-state index contributed by atoms with van der Waals surface area (Å²) in [6, 6.07) is 12.6. The summed E-state index contributed by atoms with van der Waals surface area (Å²) < 4.78 is 5.41. The predicted octanol–water partition coefficient (Wildman–Crippen LogP) is 3.37. The average molecular weight is 341 g/mol. The molecule has 1 fully saturated rings. The van der Waals surface area contributed by atoms with Gasteiger partial charge in [0.1, 0.15) is 5.76 Å². The zero-order chi connectivity index (χ0) is 17.5. The van der Waals surface area contributed by atoms with Crippen molar-refractivity contribution in [3.05, 3.63) is 54.5 Å². The highest BCUT2D eigenvalue weighted by Crippen LogP contribution is 2.24. The molecule has 0 atom stereocenters. The first kappa shape index (κ1) is 17.2. The van der Waals surface area contributed by atoms with E-state index in [1.807, 2.05) is 30.3 Å². The first-order valence-corrected chi connectivity index (χ1v) is 8.63. The molecule has 1 heterocycles. The minimum Gasteiger partial charge on any atom is -0.468 e. The normalized spacial score (nSPS) is 14.6. The molecule has 0 radical (unpaired) electrons. The molecule has 0 unspecified atom stereocenters. The van der Waals surface area contributed by atoms with Crippen LogP contribution in [0.15, 0.2) is 53.1 Å². The van der Waals surface area contributed by atoms with Crippen LogP contribution in [0.3, 0.4) is 0 Å². The monoisotopic (exact) mass is 341 g/mol. The molecule has 1 aliphatic rings. The first-order valence-electron chi connectivity index (χ1n) is 8.63. The van der Waals surface area contributed by atoms with Crippen LogP contribution in [-0.4, -0.2) is 29.4 Å². The molecule has 2 N–H and O–H groups in total. The molecular weight excluding hydrogens is 318 g/mol. The standard InChI is InChI=1S/C19H23N3O3/c23-18(21-19(24)20-15-7-2-1-3-8-15)14-22(16-9-4-5-10-16)13-17-11-6-12-25-17/h1-3,6-8,11-12,16H,4-5,9-10,13-14H2,(H2,20,21,23,24). The predicted molar refractivity (Wildman–Crippen MR) is 95.0 cm³/mol. The molecule has 0 saturated heterocycles. The summed E-state index contributed by atoms with van der Waals surface area (Å²) in [5.41, 5.74) is 0.649. The number of para-hydroxylation sites is 1. The summed E-state index contributed by atoms with van der Waals surface area (Å²) in [5, 5.41) is 5.05. The van der Waals surface area contributed by atoms with Crippen LogP contribution in [0.1, 0.15) is 31.4 Å². The van der Waals surface area contributed by atoms with Gasteiger partial charge in [0.15, 0.2) is 0 Å². The maximum atomic E-state index is 12.3. The molecule has 6 heteroatoms. The molecule has 1 aromatic heterocycles. The van der Waals surface area contributed by atoms with Crippen molar-refractivity contribution in [3.63, 3.8) is 0 Å². The van der Waals surface area contributed by atoms with Gasteiger partial charge in [0.2, 0.25) is 5.91 Å². The van der Waals surface area contributed by atoms with E-state index in [0.29, 0.717) is 18.3 Å². The number of rotatable bonds is 6. The Morgan fingerprint density at radius 3 is 2.52 bits per heavy atom. The zero-order valence-electron chi connectivity index (χ0n) is 14.1. The molecule has 6 nitrogen and oxygen atoms in total. The molecule has 0 spiro atoms. The van der Waals surface area contributed by atoms with Crippen molar-refractivity contribution in [2.75, 3.05) is 11.9 Å². The Labute approximate surface area is 147 Å². The van der Waals surface area contributed by atoms with E-state index in [4.69, 9.17) is 4.42 Å². The lowest BCUT2D eigenvalue weighted by atomic mass is 10.2. The quantitative estimate of drug-likeness (QED) is 0.845. The smallest absolute Gasteiger partial charge is 0.325 e. The topological polar surface area (TPSA) is 74.6 Å². The van der Waals surface area contributed by atoms with Crippen LogP contribution in [0.4, 0.5) is 10.5 Å². The molecule has 132 valence electrons. The lowest BCUT2D eigenvalue weighted by Crippen LogP contribution is -2.44. The Bertz CT molecular complexity index is 679. The number of benzene rings is 1. The highest BCUT2D eigenvalue weighted by molar-refractivity contribution is 6.01. The van der Waals surface area contributed by atoms with E-state index in [0.717, 1.165) is 18.6 Å². The van der Waals surface area contributed by atoms with Crippen LogP contribution in [-0.2, 0) is 11.3 Å². The third-order valence-corrected chi connectivity index (χ3v) is 4.41. The first-order chi connectivity index (χ1) is 12.2. The summed E-state index contributed by atoms with van der Waals surface area (Å²) in [5.74, 6) is 0.514. The van der Waals surface area contributed by atoms with E-state index in [-0.39, 0.29) is 12.5 Å². The fourth-order valence-corrected chi connectivity index (χ4v) is 3.22. The molecule has 1 saturated carbocycles. The molecule has 3 amide bonds. The second-order valence-electron chi connectivity index (χ2n) is 6.29. The van der Waals surface area contributed by atoms with E-state index in [2.05, 4.69) is 15.5 Å². The van der Waals surface area contributed by atoms with Crippen LogP contribution in [0.25, 0.3) is 0 Å². The number of nitrogens with one attached hydrogen (secondary N) is 2. The largest absolute Gasteiger partial charge is 0.468 e. The van der Waals surface area contributed by atoms with Gasteiger partial charge >= 0.3 is 6.03 Å². The number of nitrogens with zero attached hydrogens (tertiary/aromatic N) is 1. The van der Waals surface area contributed by atoms with Gasteiger partial charge in [0.25, 0.3) is 0 Å².